The van der Waals surface area contributed by atoms with Crippen molar-refractivity contribution in [2.75, 3.05) is 0 Å². The molecule has 0 spiro atoms. The molecular formula is C12H6FNO3. The number of aromatic nitrogens is 1. The lowest BCUT2D eigenvalue weighted by Gasteiger charge is -2.01. The standard InChI is InChI=1S/C12H6FNO3/c13-7-3-1-2-6-9-8(15)4-5-14-10(9)12(16)17-11(6)7/h1-5H,(H,14,15). The Balaban J connectivity index is 2.79. The summed E-state index contributed by atoms with van der Waals surface area (Å²) in [5.41, 5.74) is -1.24. The van der Waals surface area contributed by atoms with E-state index in [1.165, 1.54) is 24.4 Å². The summed E-state index contributed by atoms with van der Waals surface area (Å²) in [6.07, 6.45) is 1.35. The van der Waals surface area contributed by atoms with Crippen LogP contribution in [0.3, 0.4) is 0 Å². The number of halogens is 1. The summed E-state index contributed by atoms with van der Waals surface area (Å²) in [6, 6.07) is 5.46. The fourth-order valence-electron chi connectivity index (χ4n) is 1.86. The van der Waals surface area contributed by atoms with Crippen LogP contribution in [0.15, 0.2) is 44.5 Å². The summed E-state index contributed by atoms with van der Waals surface area (Å²) in [5, 5.41) is 0.444. The second-order valence-electron chi connectivity index (χ2n) is 3.60. The molecule has 0 unspecified atom stereocenters. The van der Waals surface area contributed by atoms with Crippen LogP contribution < -0.4 is 11.1 Å². The van der Waals surface area contributed by atoms with Crippen molar-refractivity contribution in [3.8, 4) is 0 Å². The molecule has 4 nitrogen and oxygen atoms in total. The molecule has 0 aliphatic rings. The highest BCUT2D eigenvalue weighted by atomic mass is 19.1. The smallest absolute Gasteiger partial charge is 0.361 e. The van der Waals surface area contributed by atoms with Gasteiger partial charge in [0, 0.05) is 17.6 Å². The fraction of sp³-hybridized carbons (Fsp3) is 0. The van der Waals surface area contributed by atoms with Crippen LogP contribution in [0.5, 0.6) is 0 Å². The van der Waals surface area contributed by atoms with Crippen molar-refractivity contribution < 1.29 is 8.81 Å². The Hall–Kier alpha value is -2.43. The van der Waals surface area contributed by atoms with Crippen molar-refractivity contribution in [3.63, 3.8) is 0 Å². The first-order valence-corrected chi connectivity index (χ1v) is 4.91. The number of nitrogens with one attached hydrogen (secondary N) is 1. The number of aromatic amines is 1. The Morgan fingerprint density at radius 3 is 2.82 bits per heavy atom. The van der Waals surface area contributed by atoms with Crippen LogP contribution >= 0.6 is 0 Å². The van der Waals surface area contributed by atoms with Gasteiger partial charge in [-0.2, -0.15) is 0 Å². The van der Waals surface area contributed by atoms with Gasteiger partial charge < -0.3 is 9.40 Å². The number of para-hydroxylation sites is 1. The highest BCUT2D eigenvalue weighted by molar-refractivity contribution is 6.02. The molecule has 0 aliphatic heterocycles. The fourth-order valence-corrected chi connectivity index (χ4v) is 1.86. The Kier molecular flexibility index (Phi) is 1.89. The summed E-state index contributed by atoms with van der Waals surface area (Å²) in [6.45, 7) is 0. The van der Waals surface area contributed by atoms with Gasteiger partial charge in [-0.15, -0.1) is 0 Å². The van der Waals surface area contributed by atoms with Crippen molar-refractivity contribution in [2.45, 2.75) is 0 Å². The average molecular weight is 231 g/mol. The van der Waals surface area contributed by atoms with Crippen LogP contribution in [0.2, 0.25) is 0 Å². The van der Waals surface area contributed by atoms with Crippen LogP contribution in [0.4, 0.5) is 4.39 Å². The molecule has 0 radical (unpaired) electrons. The number of H-pyrrole nitrogens is 1. The predicted molar refractivity (Wildman–Crippen MR) is 60.6 cm³/mol. The molecule has 84 valence electrons. The van der Waals surface area contributed by atoms with Crippen molar-refractivity contribution in [1.82, 2.24) is 4.98 Å². The van der Waals surface area contributed by atoms with E-state index in [2.05, 4.69) is 4.98 Å². The first kappa shape index (κ1) is 9.77. The van der Waals surface area contributed by atoms with Gasteiger partial charge in [-0.25, -0.2) is 9.18 Å². The van der Waals surface area contributed by atoms with E-state index in [4.69, 9.17) is 4.42 Å². The van der Waals surface area contributed by atoms with Gasteiger partial charge in [0.05, 0.1) is 5.39 Å². The van der Waals surface area contributed by atoms with Crippen LogP contribution in [-0.4, -0.2) is 4.98 Å². The van der Waals surface area contributed by atoms with Crippen molar-refractivity contribution in [1.29, 1.82) is 0 Å². The maximum Gasteiger partial charge on any atom is 0.361 e. The van der Waals surface area contributed by atoms with Crippen molar-refractivity contribution in [2.24, 2.45) is 0 Å². The Morgan fingerprint density at radius 2 is 2.00 bits per heavy atom. The Labute approximate surface area is 93.3 Å². The van der Waals surface area contributed by atoms with E-state index in [1.807, 2.05) is 0 Å². The summed E-state index contributed by atoms with van der Waals surface area (Å²) < 4.78 is 18.3. The zero-order valence-electron chi connectivity index (χ0n) is 8.49. The van der Waals surface area contributed by atoms with Crippen molar-refractivity contribution >= 4 is 21.9 Å². The summed E-state index contributed by atoms with van der Waals surface area (Å²) >= 11 is 0. The third kappa shape index (κ3) is 1.29. The highest BCUT2D eigenvalue weighted by Gasteiger charge is 2.12. The summed E-state index contributed by atoms with van der Waals surface area (Å²) in [4.78, 5) is 26.0. The number of pyridine rings is 1. The molecule has 17 heavy (non-hydrogen) atoms. The van der Waals surface area contributed by atoms with Gasteiger partial charge in [0.2, 0.25) is 0 Å². The maximum absolute atomic E-state index is 13.5. The lowest BCUT2D eigenvalue weighted by molar-refractivity contribution is 0.529. The first-order valence-electron chi connectivity index (χ1n) is 4.91. The van der Waals surface area contributed by atoms with E-state index < -0.39 is 11.4 Å². The van der Waals surface area contributed by atoms with Crippen LogP contribution in [0.1, 0.15) is 0 Å². The second-order valence-corrected chi connectivity index (χ2v) is 3.60. The van der Waals surface area contributed by atoms with E-state index >= 15 is 0 Å². The third-order valence-electron chi connectivity index (χ3n) is 2.59. The zero-order valence-corrected chi connectivity index (χ0v) is 8.49. The number of hydrogen-bond acceptors (Lipinski definition) is 3. The second kappa shape index (κ2) is 3.28. The van der Waals surface area contributed by atoms with E-state index in [9.17, 15) is 14.0 Å². The molecule has 0 fully saturated rings. The van der Waals surface area contributed by atoms with Gasteiger partial charge in [0.15, 0.2) is 16.8 Å². The lowest BCUT2D eigenvalue weighted by atomic mass is 10.1. The minimum Gasteiger partial charge on any atom is -0.418 e. The Bertz CT molecular complexity index is 848. The number of rotatable bonds is 0. The van der Waals surface area contributed by atoms with Gasteiger partial charge in [-0.1, -0.05) is 12.1 Å². The molecule has 0 amide bonds. The third-order valence-corrected chi connectivity index (χ3v) is 2.59. The monoisotopic (exact) mass is 231 g/mol. The topological polar surface area (TPSA) is 63.1 Å². The van der Waals surface area contributed by atoms with E-state index in [1.54, 1.807) is 6.07 Å². The largest absolute Gasteiger partial charge is 0.418 e. The number of hydrogen-bond donors (Lipinski definition) is 1. The summed E-state index contributed by atoms with van der Waals surface area (Å²) in [5.74, 6) is -0.662. The van der Waals surface area contributed by atoms with Gasteiger partial charge in [0.1, 0.15) is 5.52 Å². The minimum atomic E-state index is -0.754. The van der Waals surface area contributed by atoms with Gasteiger partial charge in [0.25, 0.3) is 0 Å². The quantitative estimate of drug-likeness (QED) is 0.473. The molecule has 0 bridgehead atoms. The summed E-state index contributed by atoms with van der Waals surface area (Å²) in [7, 11) is 0. The predicted octanol–water partition coefficient (Wildman–Crippen LogP) is 1.77. The Morgan fingerprint density at radius 1 is 1.18 bits per heavy atom. The van der Waals surface area contributed by atoms with Gasteiger partial charge in [-0.05, 0) is 6.07 Å². The molecule has 1 aromatic carbocycles. The number of benzene rings is 1. The lowest BCUT2D eigenvalue weighted by Crippen LogP contribution is -2.10. The molecule has 3 aromatic rings. The van der Waals surface area contributed by atoms with Crippen LogP contribution in [0.25, 0.3) is 21.9 Å². The molecule has 0 saturated heterocycles. The zero-order chi connectivity index (χ0) is 12.0. The number of fused-ring (bicyclic) bond motifs is 3. The van der Waals surface area contributed by atoms with Crippen LogP contribution in [-0.2, 0) is 0 Å². The highest BCUT2D eigenvalue weighted by Crippen LogP contribution is 2.20. The van der Waals surface area contributed by atoms with Gasteiger partial charge in [-0.3, -0.25) is 4.79 Å². The first-order chi connectivity index (χ1) is 8.18. The molecule has 1 N–H and O–H groups in total. The molecule has 2 heterocycles. The molecule has 0 saturated carbocycles. The maximum atomic E-state index is 13.5. The van der Waals surface area contributed by atoms with E-state index in [0.29, 0.717) is 5.39 Å². The molecule has 5 heteroatoms. The van der Waals surface area contributed by atoms with E-state index in [0.717, 1.165) is 0 Å². The minimum absolute atomic E-state index is 0.0515. The van der Waals surface area contributed by atoms with Gasteiger partial charge >= 0.3 is 5.63 Å². The average Bonchev–Trinajstić information content (AvgIpc) is 2.31. The molecule has 0 aliphatic carbocycles. The van der Waals surface area contributed by atoms with E-state index in [-0.39, 0.29) is 21.9 Å². The SMILES string of the molecule is O=c1oc2c(F)cccc2c2c(=O)cc[nH]c12. The normalized spacial score (nSPS) is 11.1. The molecule has 2 aromatic heterocycles. The van der Waals surface area contributed by atoms with Crippen LogP contribution in [0, 0.1) is 5.82 Å². The molecule has 3 rings (SSSR count). The molecular weight excluding hydrogens is 225 g/mol. The molecule has 0 atom stereocenters. The van der Waals surface area contributed by atoms with Crippen molar-refractivity contribution in [3.05, 3.63) is 56.9 Å².